The fraction of sp³-hybridized carbons (Fsp3) is 0.348. The minimum Gasteiger partial charge on any atom is -0.342 e. The Kier molecular flexibility index (Phi) is 5.19. The highest BCUT2D eigenvalue weighted by Crippen LogP contribution is 2.45. The molecule has 0 N–H and O–H groups in total. The standard InChI is InChI=1S/C23H25ClN2O3S/c1-14-13-25(15(2)17-5-6-17)23-11-18(7-8-22(23)26(14)16(3)27)19-9-20(24)12-21(10-19)30(4,28)29/h7-12,14,17H,2,5-6,13H2,1,3-4H3. The Morgan fingerprint density at radius 3 is 2.40 bits per heavy atom. The van der Waals surface area contributed by atoms with E-state index in [2.05, 4.69) is 11.5 Å². The van der Waals surface area contributed by atoms with Gasteiger partial charge in [0.1, 0.15) is 0 Å². The average Bonchev–Trinajstić information content (AvgIpc) is 3.50. The van der Waals surface area contributed by atoms with Crippen molar-refractivity contribution in [2.45, 2.75) is 37.6 Å². The molecule has 1 amide bonds. The van der Waals surface area contributed by atoms with Gasteiger partial charge in [0.25, 0.3) is 0 Å². The number of fused-ring (bicyclic) bond motifs is 1. The molecule has 7 heteroatoms. The molecule has 0 aromatic heterocycles. The van der Waals surface area contributed by atoms with Crippen molar-refractivity contribution in [1.82, 2.24) is 0 Å². The van der Waals surface area contributed by atoms with E-state index in [1.165, 1.54) is 12.3 Å². The third kappa shape index (κ3) is 3.86. The van der Waals surface area contributed by atoms with E-state index in [9.17, 15) is 13.2 Å². The molecule has 0 radical (unpaired) electrons. The van der Waals surface area contributed by atoms with Crippen molar-refractivity contribution in [3.05, 3.63) is 53.7 Å². The first-order chi connectivity index (χ1) is 14.1. The number of amides is 1. The van der Waals surface area contributed by atoms with Crippen LogP contribution in [-0.4, -0.2) is 33.2 Å². The number of halogens is 1. The van der Waals surface area contributed by atoms with E-state index in [0.717, 1.165) is 41.0 Å². The molecule has 1 unspecified atom stereocenters. The van der Waals surface area contributed by atoms with Gasteiger partial charge in [-0.3, -0.25) is 4.79 Å². The van der Waals surface area contributed by atoms with Gasteiger partial charge in [0.05, 0.1) is 22.3 Å². The Labute approximate surface area is 182 Å². The van der Waals surface area contributed by atoms with Crippen molar-refractivity contribution in [1.29, 1.82) is 0 Å². The number of carbonyl (C=O) groups excluding carboxylic acids is 1. The van der Waals surface area contributed by atoms with Crippen LogP contribution in [0.3, 0.4) is 0 Å². The topological polar surface area (TPSA) is 57.7 Å². The lowest BCUT2D eigenvalue weighted by Gasteiger charge is -2.43. The summed E-state index contributed by atoms with van der Waals surface area (Å²) in [6, 6.07) is 10.7. The van der Waals surface area contributed by atoms with Crippen LogP contribution < -0.4 is 9.80 Å². The van der Waals surface area contributed by atoms with Crippen molar-refractivity contribution in [2.75, 3.05) is 22.6 Å². The van der Waals surface area contributed by atoms with Crippen LogP contribution in [0.15, 0.2) is 53.6 Å². The molecule has 30 heavy (non-hydrogen) atoms. The minimum atomic E-state index is -3.39. The molecule has 0 spiro atoms. The first-order valence-corrected chi connectivity index (χ1v) is 12.2. The highest BCUT2D eigenvalue weighted by molar-refractivity contribution is 7.90. The summed E-state index contributed by atoms with van der Waals surface area (Å²) in [4.78, 5) is 16.6. The summed E-state index contributed by atoms with van der Waals surface area (Å²) < 4.78 is 24.1. The van der Waals surface area contributed by atoms with Crippen molar-refractivity contribution in [3.8, 4) is 11.1 Å². The molecule has 1 heterocycles. The van der Waals surface area contributed by atoms with Gasteiger partial charge in [0, 0.05) is 30.4 Å². The number of rotatable bonds is 4. The second-order valence-corrected chi connectivity index (χ2v) is 10.7. The maximum absolute atomic E-state index is 12.4. The van der Waals surface area contributed by atoms with Crippen LogP contribution in [0.2, 0.25) is 5.02 Å². The van der Waals surface area contributed by atoms with E-state index >= 15 is 0 Å². The quantitative estimate of drug-likeness (QED) is 0.673. The molecule has 0 bridgehead atoms. The molecule has 5 nitrogen and oxygen atoms in total. The van der Waals surface area contributed by atoms with Gasteiger partial charge < -0.3 is 9.80 Å². The number of allylic oxidation sites excluding steroid dienone is 1. The Hall–Kier alpha value is -2.31. The molecule has 0 saturated heterocycles. The average molecular weight is 445 g/mol. The molecule has 2 aliphatic rings. The summed E-state index contributed by atoms with van der Waals surface area (Å²) in [5, 5.41) is 0.365. The number of benzene rings is 2. The normalized spacial score (nSPS) is 18.9. The van der Waals surface area contributed by atoms with Crippen LogP contribution in [0.4, 0.5) is 11.4 Å². The zero-order valence-electron chi connectivity index (χ0n) is 17.4. The van der Waals surface area contributed by atoms with Gasteiger partial charge in [-0.05, 0) is 67.1 Å². The zero-order valence-corrected chi connectivity index (χ0v) is 18.9. The summed E-state index contributed by atoms with van der Waals surface area (Å²) in [6.45, 7) is 8.63. The maximum atomic E-state index is 12.4. The van der Waals surface area contributed by atoms with Gasteiger partial charge in [0.2, 0.25) is 5.91 Å². The Morgan fingerprint density at radius 1 is 1.10 bits per heavy atom. The molecule has 1 aliphatic heterocycles. The minimum absolute atomic E-state index is 0.00435. The predicted molar refractivity (Wildman–Crippen MR) is 122 cm³/mol. The molecule has 2 aromatic carbocycles. The summed E-state index contributed by atoms with van der Waals surface area (Å²) in [7, 11) is -3.39. The second-order valence-electron chi connectivity index (χ2n) is 8.27. The van der Waals surface area contributed by atoms with Crippen LogP contribution in [0, 0.1) is 5.92 Å². The molecule has 1 atom stereocenters. The number of sulfone groups is 1. The number of hydrogen-bond donors (Lipinski definition) is 0. The van der Waals surface area contributed by atoms with E-state index in [4.69, 9.17) is 11.6 Å². The van der Waals surface area contributed by atoms with Crippen LogP contribution in [0.1, 0.15) is 26.7 Å². The van der Waals surface area contributed by atoms with Crippen molar-refractivity contribution in [2.24, 2.45) is 5.92 Å². The third-order valence-corrected chi connectivity index (χ3v) is 7.09. The van der Waals surface area contributed by atoms with Crippen LogP contribution in [0.5, 0.6) is 0 Å². The van der Waals surface area contributed by atoms with Gasteiger partial charge >= 0.3 is 0 Å². The predicted octanol–water partition coefficient (Wildman–Crippen LogP) is 4.90. The van der Waals surface area contributed by atoms with Crippen LogP contribution in [0.25, 0.3) is 11.1 Å². The lowest BCUT2D eigenvalue weighted by molar-refractivity contribution is -0.117. The summed E-state index contributed by atoms with van der Waals surface area (Å²) >= 11 is 6.22. The monoisotopic (exact) mass is 444 g/mol. The number of hydrogen-bond acceptors (Lipinski definition) is 4. The highest BCUT2D eigenvalue weighted by Gasteiger charge is 2.36. The molecule has 1 aliphatic carbocycles. The summed E-state index contributed by atoms with van der Waals surface area (Å²) in [6.07, 6.45) is 3.45. The lowest BCUT2D eigenvalue weighted by Crippen LogP contribution is -2.49. The van der Waals surface area contributed by atoms with Gasteiger partial charge in [-0.1, -0.05) is 24.2 Å². The molecule has 1 saturated carbocycles. The maximum Gasteiger partial charge on any atom is 0.224 e. The van der Waals surface area contributed by atoms with Crippen molar-refractivity contribution in [3.63, 3.8) is 0 Å². The Balaban J connectivity index is 1.86. The van der Waals surface area contributed by atoms with E-state index in [1.807, 2.05) is 30.0 Å². The van der Waals surface area contributed by atoms with Gasteiger partial charge in [0.15, 0.2) is 9.84 Å². The van der Waals surface area contributed by atoms with E-state index in [-0.39, 0.29) is 16.8 Å². The van der Waals surface area contributed by atoms with Crippen molar-refractivity contribution >= 4 is 38.7 Å². The third-order valence-electron chi connectivity index (χ3n) is 5.78. The summed E-state index contributed by atoms with van der Waals surface area (Å²) in [5.74, 6) is 0.482. The Morgan fingerprint density at radius 2 is 1.80 bits per heavy atom. The fourth-order valence-electron chi connectivity index (χ4n) is 4.14. The summed E-state index contributed by atoms with van der Waals surface area (Å²) in [5.41, 5.74) is 4.39. The van der Waals surface area contributed by atoms with Gasteiger partial charge in [-0.2, -0.15) is 0 Å². The SMILES string of the molecule is C=C(C1CC1)N1CC(C)N(C(C)=O)c2ccc(-c3cc(Cl)cc(S(C)(=O)=O)c3)cc21. The Bertz CT molecular complexity index is 1160. The number of nitrogens with zero attached hydrogens (tertiary/aromatic N) is 2. The molecule has 4 rings (SSSR count). The first-order valence-electron chi connectivity index (χ1n) is 9.97. The highest BCUT2D eigenvalue weighted by atomic mass is 35.5. The molecule has 1 fully saturated rings. The first kappa shape index (κ1) is 20.9. The second kappa shape index (κ2) is 7.43. The van der Waals surface area contributed by atoms with Crippen LogP contribution >= 0.6 is 11.6 Å². The molecule has 2 aromatic rings. The number of anilines is 2. The van der Waals surface area contributed by atoms with E-state index < -0.39 is 9.84 Å². The lowest BCUT2D eigenvalue weighted by atomic mass is 9.99. The largest absolute Gasteiger partial charge is 0.342 e. The van der Waals surface area contributed by atoms with Gasteiger partial charge in [-0.25, -0.2) is 8.42 Å². The molecular formula is C23H25ClN2O3S. The smallest absolute Gasteiger partial charge is 0.224 e. The van der Waals surface area contributed by atoms with Crippen LogP contribution in [-0.2, 0) is 14.6 Å². The van der Waals surface area contributed by atoms with Crippen molar-refractivity contribution < 1.29 is 13.2 Å². The zero-order chi connectivity index (χ0) is 21.8. The molecule has 158 valence electrons. The van der Waals surface area contributed by atoms with E-state index in [1.54, 1.807) is 19.1 Å². The molecular weight excluding hydrogens is 420 g/mol. The number of carbonyl (C=O) groups is 1. The fourth-order valence-corrected chi connectivity index (χ4v) is 5.12. The van der Waals surface area contributed by atoms with Gasteiger partial charge in [-0.15, -0.1) is 0 Å². The van der Waals surface area contributed by atoms with E-state index in [0.29, 0.717) is 17.5 Å².